The highest BCUT2D eigenvalue weighted by Crippen LogP contribution is 2.15. The molecule has 0 saturated heterocycles. The summed E-state index contributed by atoms with van der Waals surface area (Å²) < 4.78 is 12.0. The highest BCUT2D eigenvalue weighted by molar-refractivity contribution is 5.77. The van der Waals surface area contributed by atoms with Crippen LogP contribution in [0.4, 0.5) is 0 Å². The van der Waals surface area contributed by atoms with Gasteiger partial charge in [-0.2, -0.15) is 4.98 Å². The molecule has 1 N–H and O–H groups in total. The van der Waals surface area contributed by atoms with Crippen LogP contribution in [0, 0.1) is 0 Å². The first-order valence-electron chi connectivity index (χ1n) is 7.79. The van der Waals surface area contributed by atoms with Crippen molar-refractivity contribution in [3.05, 3.63) is 42.3 Å². The minimum absolute atomic E-state index is 0.0918. The van der Waals surface area contributed by atoms with E-state index in [0.29, 0.717) is 36.9 Å². The van der Waals surface area contributed by atoms with Crippen molar-refractivity contribution in [1.82, 2.24) is 35.7 Å². The normalized spacial score (nSPS) is 10.6. The number of carbonyl (C=O) groups is 1. The Morgan fingerprint density at radius 1 is 1.40 bits per heavy atom. The van der Waals surface area contributed by atoms with Crippen molar-refractivity contribution < 1.29 is 14.1 Å². The van der Waals surface area contributed by atoms with Crippen LogP contribution in [0.1, 0.15) is 18.6 Å². The van der Waals surface area contributed by atoms with Crippen molar-refractivity contribution in [1.29, 1.82) is 0 Å². The van der Waals surface area contributed by atoms with E-state index in [9.17, 15) is 4.79 Å². The van der Waals surface area contributed by atoms with Crippen molar-refractivity contribution in [3.63, 3.8) is 0 Å². The van der Waals surface area contributed by atoms with Crippen LogP contribution in [0.25, 0.3) is 5.69 Å². The maximum Gasteiger partial charge on any atom is 0.257 e. The van der Waals surface area contributed by atoms with Gasteiger partial charge >= 0.3 is 0 Å². The fourth-order valence-electron chi connectivity index (χ4n) is 2.04. The molecule has 0 unspecified atom stereocenters. The predicted octanol–water partition coefficient (Wildman–Crippen LogP) is 0.345. The van der Waals surface area contributed by atoms with Crippen LogP contribution < -0.4 is 10.1 Å². The maximum absolute atomic E-state index is 11.8. The molecule has 1 aromatic carbocycles. The average Bonchev–Trinajstić information content (AvgIpc) is 3.32. The quantitative estimate of drug-likeness (QED) is 0.622. The monoisotopic (exact) mass is 343 g/mol. The van der Waals surface area contributed by atoms with Crippen molar-refractivity contribution in [2.75, 3.05) is 13.2 Å². The van der Waals surface area contributed by atoms with Gasteiger partial charge in [0, 0.05) is 25.5 Å². The second-order valence-corrected chi connectivity index (χ2v) is 5.10. The molecule has 0 aliphatic carbocycles. The molecule has 3 rings (SSSR count). The molecule has 0 saturated carbocycles. The van der Waals surface area contributed by atoms with E-state index < -0.39 is 0 Å². The standard InChI is InChI=1S/C15H17N7O3/c1-2-15-18-13(19-25-15)6-7-16-14(23)9-24-12-5-3-4-11(8-12)22-10-17-20-21-22/h3-5,8,10H,2,6-7,9H2,1H3,(H,16,23). The molecule has 0 bridgehead atoms. The molecular weight excluding hydrogens is 326 g/mol. The van der Waals surface area contributed by atoms with Crippen LogP contribution in [-0.4, -0.2) is 49.4 Å². The van der Waals surface area contributed by atoms with Gasteiger partial charge in [0.05, 0.1) is 5.69 Å². The topological polar surface area (TPSA) is 121 Å². The lowest BCUT2D eigenvalue weighted by Crippen LogP contribution is -2.30. The molecule has 1 amide bonds. The van der Waals surface area contributed by atoms with Crippen LogP contribution in [0.15, 0.2) is 35.1 Å². The number of aryl methyl sites for hydroxylation is 1. The van der Waals surface area contributed by atoms with Crippen LogP contribution in [0.5, 0.6) is 5.75 Å². The van der Waals surface area contributed by atoms with Crippen molar-refractivity contribution >= 4 is 5.91 Å². The van der Waals surface area contributed by atoms with E-state index in [-0.39, 0.29) is 12.5 Å². The van der Waals surface area contributed by atoms with Crippen LogP contribution in [0.3, 0.4) is 0 Å². The third kappa shape index (κ3) is 4.59. The van der Waals surface area contributed by atoms with Crippen molar-refractivity contribution in [2.24, 2.45) is 0 Å². The number of aromatic nitrogens is 6. The SMILES string of the molecule is CCc1nc(CCNC(=O)COc2cccc(-n3cnnn3)c2)no1. The van der Waals surface area contributed by atoms with E-state index in [4.69, 9.17) is 9.26 Å². The molecule has 3 aromatic rings. The van der Waals surface area contributed by atoms with Gasteiger partial charge in [-0.05, 0) is 22.6 Å². The van der Waals surface area contributed by atoms with E-state index >= 15 is 0 Å². The molecule has 0 aliphatic heterocycles. The number of carbonyl (C=O) groups excluding carboxylic acids is 1. The Balaban J connectivity index is 1.43. The van der Waals surface area contributed by atoms with Crippen molar-refractivity contribution in [2.45, 2.75) is 19.8 Å². The van der Waals surface area contributed by atoms with Gasteiger partial charge in [-0.1, -0.05) is 18.1 Å². The summed E-state index contributed by atoms with van der Waals surface area (Å²) in [6.45, 7) is 2.26. The molecule has 130 valence electrons. The Morgan fingerprint density at radius 2 is 2.32 bits per heavy atom. The number of nitrogens with one attached hydrogen (secondary N) is 1. The number of amides is 1. The first-order valence-corrected chi connectivity index (χ1v) is 7.79. The molecule has 0 fully saturated rings. The Labute approximate surface area is 143 Å². The number of rotatable bonds is 8. The Morgan fingerprint density at radius 3 is 3.08 bits per heavy atom. The predicted molar refractivity (Wildman–Crippen MR) is 85.0 cm³/mol. The van der Waals surface area contributed by atoms with Crippen LogP contribution in [-0.2, 0) is 17.6 Å². The summed E-state index contributed by atoms with van der Waals surface area (Å²) in [6, 6.07) is 7.13. The first kappa shape index (κ1) is 16.6. The molecule has 10 nitrogen and oxygen atoms in total. The Bertz CT molecular complexity index is 816. The lowest BCUT2D eigenvalue weighted by atomic mass is 10.3. The molecule has 0 atom stereocenters. The van der Waals surface area contributed by atoms with E-state index in [1.54, 1.807) is 18.2 Å². The first-order chi connectivity index (χ1) is 12.2. The summed E-state index contributed by atoms with van der Waals surface area (Å²) >= 11 is 0. The summed E-state index contributed by atoms with van der Waals surface area (Å²) in [7, 11) is 0. The minimum atomic E-state index is -0.230. The summed E-state index contributed by atoms with van der Waals surface area (Å²) in [4.78, 5) is 16.0. The maximum atomic E-state index is 11.8. The third-order valence-electron chi connectivity index (χ3n) is 3.28. The second kappa shape index (κ2) is 7.99. The fraction of sp³-hybridized carbons (Fsp3) is 0.333. The number of benzene rings is 1. The molecule has 2 aromatic heterocycles. The average molecular weight is 343 g/mol. The van der Waals surface area contributed by atoms with Gasteiger partial charge in [0.25, 0.3) is 5.91 Å². The van der Waals surface area contributed by atoms with Crippen LogP contribution in [0.2, 0.25) is 0 Å². The van der Waals surface area contributed by atoms with E-state index in [1.165, 1.54) is 11.0 Å². The second-order valence-electron chi connectivity index (χ2n) is 5.10. The summed E-state index contributed by atoms with van der Waals surface area (Å²) in [6.07, 6.45) is 2.68. The summed E-state index contributed by atoms with van der Waals surface area (Å²) in [5, 5.41) is 17.5. The molecule has 25 heavy (non-hydrogen) atoms. The van der Waals surface area contributed by atoms with Gasteiger partial charge < -0.3 is 14.6 Å². The zero-order valence-electron chi connectivity index (χ0n) is 13.6. The molecule has 2 heterocycles. The number of hydrogen-bond acceptors (Lipinski definition) is 8. The van der Waals surface area contributed by atoms with Crippen LogP contribution >= 0.6 is 0 Å². The smallest absolute Gasteiger partial charge is 0.257 e. The highest BCUT2D eigenvalue weighted by Gasteiger charge is 2.07. The van der Waals surface area contributed by atoms with E-state index in [1.807, 2.05) is 13.0 Å². The lowest BCUT2D eigenvalue weighted by Gasteiger charge is -2.08. The molecular formula is C15H17N7O3. The van der Waals surface area contributed by atoms with Crippen molar-refractivity contribution in [3.8, 4) is 11.4 Å². The van der Waals surface area contributed by atoms with Gasteiger partial charge in [-0.3, -0.25) is 4.79 Å². The third-order valence-corrected chi connectivity index (χ3v) is 3.28. The highest BCUT2D eigenvalue weighted by atomic mass is 16.5. The molecule has 0 aliphatic rings. The summed E-state index contributed by atoms with van der Waals surface area (Å²) in [5.41, 5.74) is 0.742. The Kier molecular flexibility index (Phi) is 5.29. The van der Waals surface area contributed by atoms with Gasteiger partial charge in [0.15, 0.2) is 12.4 Å². The van der Waals surface area contributed by atoms with E-state index in [0.717, 1.165) is 5.69 Å². The minimum Gasteiger partial charge on any atom is -0.484 e. The molecule has 0 spiro atoms. The number of tetrazole rings is 1. The Hall–Kier alpha value is -3.30. The van der Waals surface area contributed by atoms with Gasteiger partial charge in [-0.15, -0.1) is 5.10 Å². The van der Waals surface area contributed by atoms with Gasteiger partial charge in [0.1, 0.15) is 12.1 Å². The summed E-state index contributed by atoms with van der Waals surface area (Å²) in [5.74, 6) is 1.49. The zero-order chi connectivity index (χ0) is 17.5. The van der Waals surface area contributed by atoms with Gasteiger partial charge in [-0.25, -0.2) is 4.68 Å². The van der Waals surface area contributed by atoms with Gasteiger partial charge in [0.2, 0.25) is 5.89 Å². The van der Waals surface area contributed by atoms with E-state index in [2.05, 4.69) is 31.0 Å². The number of nitrogens with zero attached hydrogens (tertiary/aromatic N) is 6. The molecule has 10 heteroatoms. The molecule has 0 radical (unpaired) electrons. The largest absolute Gasteiger partial charge is 0.484 e. The lowest BCUT2D eigenvalue weighted by molar-refractivity contribution is -0.123. The number of hydrogen-bond donors (Lipinski definition) is 1. The zero-order valence-corrected chi connectivity index (χ0v) is 13.6. The fourth-order valence-corrected chi connectivity index (χ4v) is 2.04. The number of ether oxygens (including phenoxy) is 1.